The van der Waals surface area contributed by atoms with Crippen LogP contribution < -0.4 is 2.52 Å². The Kier molecular flexibility index (Phi) is 3.14. The molecule has 0 saturated carbocycles. The van der Waals surface area contributed by atoms with Crippen molar-refractivity contribution < 1.29 is 13.0 Å². The molecule has 6 heteroatoms. The average molecular weight is 313 g/mol. The van der Waals surface area contributed by atoms with Crippen LogP contribution in [0.4, 0.5) is 5.69 Å². The molecule has 0 bridgehead atoms. The van der Waals surface area contributed by atoms with Gasteiger partial charge in [0.05, 0.1) is 28.6 Å². The smallest absolute Gasteiger partial charge is 0.268 e. The van der Waals surface area contributed by atoms with E-state index in [1.807, 2.05) is 0 Å². The van der Waals surface area contributed by atoms with Gasteiger partial charge in [-0.2, -0.15) is 10.9 Å². The number of nitrogens with zero attached hydrogens (tertiary/aromatic N) is 1. The average Bonchev–Trinajstić information content (AvgIpc) is 2.02. The molecular weight excluding hydrogens is 305 g/mol. The minimum Gasteiger partial charge on any atom is -0.268 e. The van der Waals surface area contributed by atoms with Crippen LogP contribution in [0.3, 0.4) is 0 Å². The maximum absolute atomic E-state index is 10.8. The lowest BCUT2D eigenvalue weighted by molar-refractivity contribution is 0.487. The fourth-order valence-corrected chi connectivity index (χ4v) is 1.88. The number of aryl methyl sites for hydroxylation is 1. The highest BCUT2D eigenvalue weighted by Gasteiger charge is 2.17. The van der Waals surface area contributed by atoms with Gasteiger partial charge in [-0.1, -0.05) is 18.2 Å². The zero-order valence-corrected chi connectivity index (χ0v) is 9.78. The van der Waals surface area contributed by atoms with Gasteiger partial charge in [-0.25, -0.2) is 0 Å². The van der Waals surface area contributed by atoms with Crippen LogP contribution in [0.2, 0.25) is 0 Å². The van der Waals surface area contributed by atoms with Crippen LogP contribution in [0.15, 0.2) is 24.3 Å². The zero-order valence-electron chi connectivity index (χ0n) is 6.81. The van der Waals surface area contributed by atoms with Crippen LogP contribution >= 0.6 is 22.9 Å². The second kappa shape index (κ2) is 3.81. The second-order valence-electron chi connectivity index (χ2n) is 2.48. The lowest BCUT2D eigenvalue weighted by atomic mass is 10.2. The van der Waals surface area contributed by atoms with Gasteiger partial charge in [0.1, 0.15) is 0 Å². The minimum absolute atomic E-state index is 0.464. The second-order valence-corrected chi connectivity index (χ2v) is 5.36. The van der Waals surface area contributed by atoms with Crippen molar-refractivity contribution in [2.45, 2.75) is 6.92 Å². The molecule has 72 valence electrons. The van der Waals surface area contributed by atoms with E-state index in [-0.39, 0.29) is 0 Å². The standard InChI is InChI=1S/C7H8INO3S/c1-6-4-2-3-5-7(6)9(8)13(10,11)12/h2-5H,1H3,(H,10,11,12). The predicted octanol–water partition coefficient (Wildman–Crippen LogP) is 1.95. The molecule has 1 N–H and O–H groups in total. The molecule has 0 aliphatic heterocycles. The Morgan fingerprint density at radius 2 is 1.92 bits per heavy atom. The molecule has 0 fully saturated rings. The van der Waals surface area contributed by atoms with Crippen molar-refractivity contribution in [3.8, 4) is 0 Å². The number of rotatable bonds is 2. The van der Waals surface area contributed by atoms with Crippen LogP contribution in [0, 0.1) is 6.92 Å². The molecule has 0 radical (unpaired) electrons. The summed E-state index contributed by atoms with van der Waals surface area (Å²) in [5.74, 6) is 0. The molecule has 0 heterocycles. The monoisotopic (exact) mass is 313 g/mol. The van der Waals surface area contributed by atoms with Crippen molar-refractivity contribution in [3.05, 3.63) is 29.8 Å². The van der Waals surface area contributed by atoms with Gasteiger partial charge in [0.2, 0.25) is 0 Å². The van der Waals surface area contributed by atoms with E-state index in [9.17, 15) is 8.42 Å². The molecule has 0 spiro atoms. The largest absolute Gasteiger partial charge is 0.368 e. The summed E-state index contributed by atoms with van der Waals surface area (Å²) in [5.41, 5.74) is 1.25. The summed E-state index contributed by atoms with van der Waals surface area (Å²) in [6, 6.07) is 6.90. The van der Waals surface area contributed by atoms with Crippen LogP contribution in [-0.4, -0.2) is 13.0 Å². The summed E-state index contributed by atoms with van der Waals surface area (Å²) < 4.78 is 31.1. The van der Waals surface area contributed by atoms with Crippen molar-refractivity contribution in [2.75, 3.05) is 2.52 Å². The summed E-state index contributed by atoms with van der Waals surface area (Å²) in [7, 11) is -4.16. The Morgan fingerprint density at radius 3 is 2.38 bits per heavy atom. The predicted molar refractivity (Wildman–Crippen MR) is 59.2 cm³/mol. The first kappa shape index (κ1) is 10.7. The van der Waals surface area contributed by atoms with Gasteiger partial charge in [-0.3, -0.25) is 4.55 Å². The van der Waals surface area contributed by atoms with Crippen molar-refractivity contribution in [3.63, 3.8) is 0 Å². The highest BCUT2D eigenvalue weighted by Crippen LogP contribution is 2.24. The van der Waals surface area contributed by atoms with E-state index in [4.69, 9.17) is 4.55 Å². The first-order valence-corrected chi connectivity index (χ1v) is 5.78. The van der Waals surface area contributed by atoms with Crippen LogP contribution in [0.25, 0.3) is 0 Å². The lowest BCUT2D eigenvalue weighted by Crippen LogP contribution is -2.19. The van der Waals surface area contributed by atoms with Gasteiger partial charge in [0.25, 0.3) is 0 Å². The Morgan fingerprint density at radius 1 is 1.38 bits per heavy atom. The Balaban J connectivity index is 3.17. The molecular formula is C7H8INO3S. The van der Waals surface area contributed by atoms with Crippen molar-refractivity contribution in [1.82, 2.24) is 0 Å². The van der Waals surface area contributed by atoms with Crippen LogP contribution in [0.5, 0.6) is 0 Å². The molecule has 0 saturated heterocycles. The van der Waals surface area contributed by atoms with E-state index in [1.54, 1.807) is 31.2 Å². The summed E-state index contributed by atoms with van der Waals surface area (Å²) in [5, 5.41) is 0. The van der Waals surface area contributed by atoms with Gasteiger partial charge in [0, 0.05) is 0 Å². The van der Waals surface area contributed by atoms with Gasteiger partial charge >= 0.3 is 10.3 Å². The van der Waals surface area contributed by atoms with Crippen molar-refractivity contribution >= 4 is 38.9 Å². The highest BCUT2D eigenvalue weighted by atomic mass is 127. The first-order chi connectivity index (χ1) is 5.93. The lowest BCUT2D eigenvalue weighted by Gasteiger charge is -2.14. The number of hydrogen-bond acceptors (Lipinski definition) is 2. The number of anilines is 1. The quantitative estimate of drug-likeness (QED) is 0.516. The maximum Gasteiger partial charge on any atom is 0.368 e. The van der Waals surface area contributed by atoms with Gasteiger partial charge < -0.3 is 0 Å². The summed E-state index contributed by atoms with van der Waals surface area (Å²) in [4.78, 5) is 0. The van der Waals surface area contributed by atoms with Gasteiger partial charge in [-0.15, -0.1) is 0 Å². The summed E-state index contributed by atoms with van der Waals surface area (Å²) >= 11 is 1.54. The molecule has 13 heavy (non-hydrogen) atoms. The minimum atomic E-state index is -4.16. The Labute approximate surface area is 90.9 Å². The van der Waals surface area contributed by atoms with Crippen LogP contribution in [-0.2, 0) is 10.3 Å². The third kappa shape index (κ3) is 2.55. The number of halogens is 1. The fourth-order valence-electron chi connectivity index (χ4n) is 0.885. The third-order valence-corrected chi connectivity index (χ3v) is 4.12. The van der Waals surface area contributed by atoms with E-state index in [0.717, 1.165) is 8.08 Å². The van der Waals surface area contributed by atoms with Crippen molar-refractivity contribution in [2.24, 2.45) is 0 Å². The molecule has 1 rings (SSSR count). The topological polar surface area (TPSA) is 57.6 Å². The molecule has 0 unspecified atom stereocenters. The SMILES string of the molecule is Cc1ccccc1N(I)S(=O)(=O)O. The van der Waals surface area contributed by atoms with Gasteiger partial charge in [0.15, 0.2) is 0 Å². The molecule has 0 aliphatic rings. The summed E-state index contributed by atoms with van der Waals surface area (Å²) in [6.07, 6.45) is 0. The van der Waals surface area contributed by atoms with Crippen molar-refractivity contribution in [1.29, 1.82) is 0 Å². The first-order valence-electron chi connectivity index (χ1n) is 3.42. The van der Waals surface area contributed by atoms with E-state index in [0.29, 0.717) is 5.69 Å². The van der Waals surface area contributed by atoms with Crippen LogP contribution in [0.1, 0.15) is 5.56 Å². The number of para-hydroxylation sites is 1. The van der Waals surface area contributed by atoms with E-state index in [1.165, 1.54) is 22.9 Å². The highest BCUT2D eigenvalue weighted by molar-refractivity contribution is 14.1. The Bertz CT molecular complexity index is 404. The zero-order chi connectivity index (χ0) is 10.1. The fraction of sp³-hybridized carbons (Fsp3) is 0.143. The molecule has 1 aromatic rings. The third-order valence-electron chi connectivity index (χ3n) is 1.51. The molecule has 1 aromatic carbocycles. The van der Waals surface area contributed by atoms with E-state index in [2.05, 4.69) is 0 Å². The molecule has 0 atom stereocenters. The van der Waals surface area contributed by atoms with E-state index < -0.39 is 10.3 Å². The summed E-state index contributed by atoms with van der Waals surface area (Å²) in [6.45, 7) is 1.77. The number of benzene rings is 1. The molecule has 0 amide bonds. The molecule has 4 nitrogen and oxygen atoms in total. The van der Waals surface area contributed by atoms with E-state index >= 15 is 0 Å². The number of hydrogen-bond donors (Lipinski definition) is 1. The molecule has 0 aliphatic carbocycles. The Hall–Kier alpha value is -0.340. The van der Waals surface area contributed by atoms with Gasteiger partial charge in [-0.05, 0) is 18.6 Å². The maximum atomic E-state index is 10.8. The molecule has 0 aromatic heterocycles. The normalized spacial score (nSPS) is 11.3.